The van der Waals surface area contributed by atoms with Crippen molar-refractivity contribution < 1.29 is 0 Å². The van der Waals surface area contributed by atoms with E-state index < -0.39 is 0 Å². The van der Waals surface area contributed by atoms with Crippen molar-refractivity contribution >= 4 is 70.4 Å². The minimum absolute atomic E-state index is 0.145. The number of anilines is 3. The maximum atomic E-state index is 2.53. The molecule has 0 bridgehead atoms. The van der Waals surface area contributed by atoms with E-state index in [9.17, 15) is 0 Å². The van der Waals surface area contributed by atoms with Gasteiger partial charge in [-0.05, 0) is 133 Å². The van der Waals surface area contributed by atoms with Gasteiger partial charge in [0.25, 0.3) is 0 Å². The Balaban J connectivity index is 0.875. The van der Waals surface area contributed by atoms with Crippen molar-refractivity contribution in [3.05, 3.63) is 265 Å². The van der Waals surface area contributed by atoms with Crippen LogP contribution in [0.5, 0.6) is 0 Å². The van der Waals surface area contributed by atoms with E-state index >= 15 is 0 Å². The summed E-state index contributed by atoms with van der Waals surface area (Å²) in [5.41, 5.74) is 24.7. The number of rotatable bonds is 7. The monoisotopic (exact) mass is 976 g/mol. The Morgan fingerprint density at radius 3 is 1.81 bits per heavy atom. The molecule has 75 heavy (non-hydrogen) atoms. The van der Waals surface area contributed by atoms with Gasteiger partial charge in [0, 0.05) is 64.3 Å². The Kier molecular flexibility index (Phi) is 9.56. The number of benzene rings is 11. The second-order valence-electron chi connectivity index (χ2n) is 21.6. The van der Waals surface area contributed by atoms with Gasteiger partial charge in [-0.3, -0.25) is 0 Å². The number of hydrogen-bond donors (Lipinski definition) is 0. The molecule has 0 radical (unpaired) electrons. The van der Waals surface area contributed by atoms with E-state index in [0.717, 1.165) is 11.4 Å². The molecular weight excluding hydrogens is 925 g/mol. The van der Waals surface area contributed by atoms with E-state index in [1.165, 1.54) is 131 Å². The standard InChI is InChI=1S/C72H52N2S/c1-71(2)59-28-12-8-23-56(59)69-61(71)29-18-33-66(69)74(49-39-35-45(36-40-49)52-26-16-27-55-54-22-11-15-34-67(54)75-70(52)55)63-30-13-9-21-50(63)46-38-42-60-58(43-46)53-41-37-47(44-62(53)72(60,3)4)51-25-17-32-65-68(51)57-24-10-14-31-64(57)73(65)48-19-6-5-7-20-48/h5-44H,1-4H3. The summed E-state index contributed by atoms with van der Waals surface area (Å²) in [6, 6.07) is 90.7. The molecule has 2 nitrogen and oxygen atoms in total. The maximum absolute atomic E-state index is 2.53. The van der Waals surface area contributed by atoms with Crippen molar-refractivity contribution in [3.63, 3.8) is 0 Å². The van der Waals surface area contributed by atoms with Crippen molar-refractivity contribution in [1.82, 2.24) is 4.57 Å². The third kappa shape index (κ3) is 6.44. The van der Waals surface area contributed by atoms with E-state index in [0.29, 0.717) is 0 Å². The third-order valence-corrected chi connectivity index (χ3v) is 18.0. The van der Waals surface area contributed by atoms with Crippen molar-refractivity contribution in [2.45, 2.75) is 38.5 Å². The number of thiophene rings is 1. The fourth-order valence-electron chi connectivity index (χ4n) is 13.2. The van der Waals surface area contributed by atoms with Crippen LogP contribution in [0, 0.1) is 0 Å². The molecule has 0 amide bonds. The van der Waals surface area contributed by atoms with Gasteiger partial charge in [0.1, 0.15) is 0 Å². The Bertz CT molecular complexity index is 4470. The van der Waals surface area contributed by atoms with Gasteiger partial charge >= 0.3 is 0 Å². The molecule has 2 heterocycles. The zero-order chi connectivity index (χ0) is 50.2. The van der Waals surface area contributed by atoms with Crippen LogP contribution in [0.15, 0.2) is 243 Å². The third-order valence-electron chi connectivity index (χ3n) is 16.8. The van der Waals surface area contributed by atoms with E-state index in [4.69, 9.17) is 0 Å². The average molecular weight is 977 g/mol. The summed E-state index contributed by atoms with van der Waals surface area (Å²) in [6.45, 7) is 9.55. The van der Waals surface area contributed by atoms with Crippen molar-refractivity contribution in [1.29, 1.82) is 0 Å². The first-order valence-corrected chi connectivity index (χ1v) is 27.1. The molecule has 0 saturated heterocycles. The van der Waals surface area contributed by atoms with Crippen LogP contribution in [0.1, 0.15) is 49.9 Å². The van der Waals surface area contributed by atoms with Gasteiger partial charge in [-0.1, -0.05) is 204 Å². The summed E-state index contributed by atoms with van der Waals surface area (Å²) in [4.78, 5) is 2.53. The molecule has 356 valence electrons. The zero-order valence-electron chi connectivity index (χ0n) is 42.4. The summed E-state index contributed by atoms with van der Waals surface area (Å²) >= 11 is 1.89. The first-order valence-electron chi connectivity index (χ1n) is 26.2. The highest BCUT2D eigenvalue weighted by molar-refractivity contribution is 7.26. The molecule has 11 aromatic carbocycles. The second kappa shape index (κ2) is 16.4. The first-order chi connectivity index (χ1) is 36.7. The summed E-state index contributed by atoms with van der Waals surface area (Å²) < 4.78 is 5.06. The molecule has 0 aliphatic heterocycles. The maximum Gasteiger partial charge on any atom is 0.0547 e. The van der Waals surface area contributed by atoms with Crippen molar-refractivity contribution in [2.75, 3.05) is 4.90 Å². The van der Waals surface area contributed by atoms with Crippen LogP contribution in [0.25, 0.3) is 103 Å². The molecule has 2 aromatic heterocycles. The molecule has 0 atom stereocenters. The van der Waals surface area contributed by atoms with Gasteiger partial charge < -0.3 is 9.47 Å². The SMILES string of the molecule is CC1(C)c2ccc(-c3ccccc3N(c3ccc(-c4cccc5c4sc4ccccc45)cc3)c3cccc4c3-c3ccccc3C4(C)C)cc2-c2ccc(-c3cccc4c3c3ccccc3n4-c3ccccc3)cc21. The molecule has 15 rings (SSSR count). The van der Waals surface area contributed by atoms with Crippen LogP contribution < -0.4 is 4.90 Å². The van der Waals surface area contributed by atoms with Gasteiger partial charge in [-0.15, -0.1) is 11.3 Å². The molecule has 0 spiro atoms. The molecule has 0 unspecified atom stereocenters. The summed E-state index contributed by atoms with van der Waals surface area (Å²) in [7, 11) is 0. The Morgan fingerprint density at radius 1 is 0.360 bits per heavy atom. The zero-order valence-corrected chi connectivity index (χ0v) is 43.2. The molecule has 0 saturated carbocycles. The second-order valence-corrected chi connectivity index (χ2v) is 22.6. The number of para-hydroxylation sites is 3. The summed E-state index contributed by atoms with van der Waals surface area (Å²) in [6.07, 6.45) is 0. The van der Waals surface area contributed by atoms with Gasteiger partial charge in [-0.2, -0.15) is 0 Å². The summed E-state index contributed by atoms with van der Waals surface area (Å²) in [5, 5.41) is 5.19. The van der Waals surface area contributed by atoms with E-state index in [1.807, 2.05) is 11.3 Å². The minimum atomic E-state index is -0.205. The Labute approximate surface area is 442 Å². The fraction of sp³-hybridized carbons (Fsp3) is 0.0833. The van der Waals surface area contributed by atoms with Crippen molar-refractivity contribution in [3.8, 4) is 61.3 Å². The van der Waals surface area contributed by atoms with Crippen molar-refractivity contribution in [2.24, 2.45) is 0 Å². The highest BCUT2D eigenvalue weighted by atomic mass is 32.1. The van der Waals surface area contributed by atoms with Gasteiger partial charge in [0.2, 0.25) is 0 Å². The minimum Gasteiger partial charge on any atom is -0.309 e. The van der Waals surface area contributed by atoms with Crippen LogP contribution in [0.2, 0.25) is 0 Å². The largest absolute Gasteiger partial charge is 0.309 e. The van der Waals surface area contributed by atoms with Crippen LogP contribution in [-0.4, -0.2) is 4.57 Å². The Hall–Kier alpha value is -8.76. The predicted molar refractivity (Wildman–Crippen MR) is 320 cm³/mol. The highest BCUT2D eigenvalue weighted by Gasteiger charge is 2.39. The fourth-order valence-corrected chi connectivity index (χ4v) is 14.4. The lowest BCUT2D eigenvalue weighted by atomic mass is 9.81. The average Bonchev–Trinajstić information content (AvgIpc) is 4.21. The lowest BCUT2D eigenvalue weighted by Crippen LogP contribution is -2.16. The van der Waals surface area contributed by atoms with Crippen LogP contribution in [0.4, 0.5) is 17.1 Å². The van der Waals surface area contributed by atoms with Crippen LogP contribution >= 0.6 is 11.3 Å². The van der Waals surface area contributed by atoms with Gasteiger partial charge in [-0.25, -0.2) is 0 Å². The first kappa shape index (κ1) is 43.8. The number of fused-ring (bicyclic) bond motifs is 12. The lowest BCUT2D eigenvalue weighted by molar-refractivity contribution is 0.660. The van der Waals surface area contributed by atoms with E-state index in [1.54, 1.807) is 0 Å². The highest BCUT2D eigenvalue weighted by Crippen LogP contribution is 2.56. The molecule has 0 N–H and O–H groups in total. The topological polar surface area (TPSA) is 8.17 Å². The number of aromatic nitrogens is 1. The molecule has 2 aliphatic rings. The lowest BCUT2D eigenvalue weighted by Gasteiger charge is -2.31. The molecule has 2 aliphatic carbocycles. The summed E-state index contributed by atoms with van der Waals surface area (Å²) in [5.74, 6) is 0. The smallest absolute Gasteiger partial charge is 0.0547 e. The Morgan fingerprint density at radius 2 is 0.947 bits per heavy atom. The van der Waals surface area contributed by atoms with E-state index in [-0.39, 0.29) is 10.8 Å². The predicted octanol–water partition coefficient (Wildman–Crippen LogP) is 20.2. The van der Waals surface area contributed by atoms with Gasteiger partial charge in [0.05, 0.1) is 22.4 Å². The molecular formula is C72H52N2S. The number of hydrogen-bond acceptors (Lipinski definition) is 2. The molecule has 3 heteroatoms. The molecule has 0 fully saturated rings. The number of nitrogens with zero attached hydrogens (tertiary/aromatic N) is 2. The van der Waals surface area contributed by atoms with E-state index in [2.05, 4.69) is 280 Å². The van der Waals surface area contributed by atoms with Gasteiger partial charge in [0.15, 0.2) is 0 Å². The van der Waals surface area contributed by atoms with Crippen LogP contribution in [0.3, 0.4) is 0 Å². The quantitative estimate of drug-likeness (QED) is 0.154. The molecule has 13 aromatic rings. The normalized spacial score (nSPS) is 13.8. The van der Waals surface area contributed by atoms with Crippen LogP contribution in [-0.2, 0) is 10.8 Å².